The fraction of sp³-hybridized carbons (Fsp3) is 0.500. The Balaban J connectivity index is 2.55. The Morgan fingerprint density at radius 3 is 2.71 bits per heavy atom. The molecule has 0 amide bonds. The SMILES string of the molecule is CCCCCCNc1ccc(C)cc1C(=O)O. The third kappa shape index (κ3) is 4.47. The van der Waals surface area contributed by atoms with Crippen molar-refractivity contribution in [3.63, 3.8) is 0 Å². The molecule has 1 aromatic carbocycles. The minimum absolute atomic E-state index is 0.362. The van der Waals surface area contributed by atoms with Crippen molar-refractivity contribution in [1.29, 1.82) is 0 Å². The third-order valence-electron chi connectivity index (χ3n) is 2.75. The number of anilines is 1. The number of hydrogen-bond donors (Lipinski definition) is 2. The first-order valence-corrected chi connectivity index (χ1v) is 6.23. The summed E-state index contributed by atoms with van der Waals surface area (Å²) in [5.74, 6) is -0.871. The number of aromatic carboxylic acids is 1. The summed E-state index contributed by atoms with van der Waals surface area (Å²) >= 11 is 0. The van der Waals surface area contributed by atoms with Gasteiger partial charge in [-0.15, -0.1) is 0 Å². The summed E-state index contributed by atoms with van der Waals surface area (Å²) in [6.45, 7) is 4.91. The van der Waals surface area contributed by atoms with Crippen LogP contribution in [0.15, 0.2) is 18.2 Å². The predicted molar refractivity (Wildman–Crippen MR) is 70.8 cm³/mol. The van der Waals surface area contributed by atoms with Crippen LogP contribution >= 0.6 is 0 Å². The van der Waals surface area contributed by atoms with Gasteiger partial charge in [-0.05, 0) is 25.5 Å². The molecule has 0 spiro atoms. The number of nitrogens with one attached hydrogen (secondary N) is 1. The maximum atomic E-state index is 11.1. The van der Waals surface area contributed by atoms with Gasteiger partial charge in [-0.1, -0.05) is 37.8 Å². The van der Waals surface area contributed by atoms with Crippen molar-refractivity contribution < 1.29 is 9.90 Å². The first-order chi connectivity index (χ1) is 8.15. The molecule has 0 bridgehead atoms. The van der Waals surface area contributed by atoms with E-state index in [0.717, 1.165) is 24.2 Å². The highest BCUT2D eigenvalue weighted by molar-refractivity contribution is 5.94. The van der Waals surface area contributed by atoms with Gasteiger partial charge in [-0.2, -0.15) is 0 Å². The van der Waals surface area contributed by atoms with Crippen molar-refractivity contribution in [1.82, 2.24) is 0 Å². The molecule has 0 unspecified atom stereocenters. The van der Waals surface area contributed by atoms with Crippen LogP contribution in [-0.4, -0.2) is 17.6 Å². The van der Waals surface area contributed by atoms with Crippen LogP contribution in [0.5, 0.6) is 0 Å². The summed E-state index contributed by atoms with van der Waals surface area (Å²) < 4.78 is 0. The van der Waals surface area contributed by atoms with Gasteiger partial charge in [0.25, 0.3) is 0 Å². The number of carbonyl (C=O) groups is 1. The Morgan fingerprint density at radius 1 is 1.29 bits per heavy atom. The Hall–Kier alpha value is -1.51. The van der Waals surface area contributed by atoms with E-state index in [0.29, 0.717) is 5.56 Å². The zero-order chi connectivity index (χ0) is 12.7. The number of unbranched alkanes of at least 4 members (excludes halogenated alkanes) is 3. The average Bonchev–Trinajstić information content (AvgIpc) is 2.30. The third-order valence-corrected chi connectivity index (χ3v) is 2.75. The van der Waals surface area contributed by atoms with Gasteiger partial charge in [0.2, 0.25) is 0 Å². The van der Waals surface area contributed by atoms with Gasteiger partial charge in [0.05, 0.1) is 5.56 Å². The van der Waals surface area contributed by atoms with Gasteiger partial charge in [-0.25, -0.2) is 4.79 Å². The summed E-state index contributed by atoms with van der Waals surface area (Å²) in [4.78, 5) is 11.1. The van der Waals surface area contributed by atoms with E-state index in [-0.39, 0.29) is 0 Å². The minimum atomic E-state index is -0.871. The summed E-state index contributed by atoms with van der Waals surface area (Å²) in [6, 6.07) is 5.48. The van der Waals surface area contributed by atoms with E-state index < -0.39 is 5.97 Å². The zero-order valence-corrected chi connectivity index (χ0v) is 10.6. The normalized spacial score (nSPS) is 10.2. The van der Waals surface area contributed by atoms with Crippen LogP contribution in [0, 0.1) is 6.92 Å². The molecule has 0 radical (unpaired) electrons. The van der Waals surface area contributed by atoms with Gasteiger partial charge in [0.15, 0.2) is 0 Å². The number of hydrogen-bond acceptors (Lipinski definition) is 2. The zero-order valence-electron chi connectivity index (χ0n) is 10.6. The molecule has 3 heteroatoms. The van der Waals surface area contributed by atoms with E-state index in [1.807, 2.05) is 19.1 Å². The fourth-order valence-electron chi connectivity index (χ4n) is 1.76. The fourth-order valence-corrected chi connectivity index (χ4v) is 1.76. The average molecular weight is 235 g/mol. The van der Waals surface area contributed by atoms with Crippen LogP contribution in [0.25, 0.3) is 0 Å². The molecule has 0 aliphatic rings. The highest BCUT2D eigenvalue weighted by Gasteiger charge is 2.09. The van der Waals surface area contributed by atoms with Gasteiger partial charge >= 0.3 is 5.97 Å². The van der Waals surface area contributed by atoms with Crippen LogP contribution in [0.1, 0.15) is 48.5 Å². The van der Waals surface area contributed by atoms with Gasteiger partial charge in [-0.3, -0.25) is 0 Å². The van der Waals surface area contributed by atoms with Crippen LogP contribution in [0.4, 0.5) is 5.69 Å². The van der Waals surface area contributed by atoms with E-state index in [1.54, 1.807) is 6.07 Å². The first-order valence-electron chi connectivity index (χ1n) is 6.23. The smallest absolute Gasteiger partial charge is 0.337 e. The standard InChI is InChI=1S/C14H21NO2/c1-3-4-5-6-9-15-13-8-7-11(2)10-12(13)14(16)17/h7-8,10,15H,3-6,9H2,1-2H3,(H,16,17). The summed E-state index contributed by atoms with van der Waals surface area (Å²) in [5, 5.41) is 12.3. The Bertz CT molecular complexity index is 374. The summed E-state index contributed by atoms with van der Waals surface area (Å²) in [6.07, 6.45) is 4.73. The van der Waals surface area contributed by atoms with Crippen LogP contribution in [-0.2, 0) is 0 Å². The number of benzene rings is 1. The molecule has 17 heavy (non-hydrogen) atoms. The minimum Gasteiger partial charge on any atom is -0.478 e. The lowest BCUT2D eigenvalue weighted by Gasteiger charge is -2.10. The highest BCUT2D eigenvalue weighted by atomic mass is 16.4. The molecular formula is C14H21NO2. The van der Waals surface area contributed by atoms with Crippen LogP contribution in [0.2, 0.25) is 0 Å². The Labute approximate surface area is 103 Å². The van der Waals surface area contributed by atoms with E-state index >= 15 is 0 Å². The predicted octanol–water partition coefficient (Wildman–Crippen LogP) is 3.69. The maximum Gasteiger partial charge on any atom is 0.337 e. The number of rotatable bonds is 7. The summed E-state index contributed by atoms with van der Waals surface area (Å²) in [5.41, 5.74) is 2.05. The van der Waals surface area contributed by atoms with E-state index in [9.17, 15) is 4.79 Å². The topological polar surface area (TPSA) is 49.3 Å². The monoisotopic (exact) mass is 235 g/mol. The lowest BCUT2D eigenvalue weighted by Crippen LogP contribution is -2.08. The van der Waals surface area contributed by atoms with Gasteiger partial charge < -0.3 is 10.4 Å². The van der Waals surface area contributed by atoms with Crippen molar-refractivity contribution in [2.24, 2.45) is 0 Å². The molecule has 0 atom stereocenters. The highest BCUT2D eigenvalue weighted by Crippen LogP contribution is 2.17. The molecule has 2 N–H and O–H groups in total. The van der Waals surface area contributed by atoms with Crippen molar-refractivity contribution in [3.05, 3.63) is 29.3 Å². The molecule has 0 aliphatic carbocycles. The van der Waals surface area contributed by atoms with E-state index in [4.69, 9.17) is 5.11 Å². The molecule has 1 rings (SSSR count). The lowest BCUT2D eigenvalue weighted by molar-refractivity contribution is 0.0698. The molecule has 0 heterocycles. The number of carboxylic acids is 1. The Kier molecular flexibility index (Phi) is 5.53. The van der Waals surface area contributed by atoms with Crippen molar-refractivity contribution >= 4 is 11.7 Å². The second-order valence-corrected chi connectivity index (χ2v) is 4.34. The molecule has 3 nitrogen and oxygen atoms in total. The Morgan fingerprint density at radius 2 is 2.06 bits per heavy atom. The number of aryl methyl sites for hydroxylation is 1. The molecule has 1 aromatic rings. The van der Waals surface area contributed by atoms with Crippen LogP contribution < -0.4 is 5.32 Å². The quantitative estimate of drug-likeness (QED) is 0.709. The number of carboxylic acid groups (broad SMARTS) is 1. The molecule has 0 aromatic heterocycles. The molecule has 0 aliphatic heterocycles. The van der Waals surface area contributed by atoms with Crippen LogP contribution in [0.3, 0.4) is 0 Å². The largest absolute Gasteiger partial charge is 0.478 e. The lowest BCUT2D eigenvalue weighted by atomic mass is 10.1. The van der Waals surface area contributed by atoms with E-state index in [1.165, 1.54) is 19.3 Å². The second kappa shape index (κ2) is 6.94. The molecular weight excluding hydrogens is 214 g/mol. The maximum absolute atomic E-state index is 11.1. The molecule has 0 fully saturated rings. The molecule has 94 valence electrons. The second-order valence-electron chi connectivity index (χ2n) is 4.34. The van der Waals surface area contributed by atoms with Crippen molar-refractivity contribution in [3.8, 4) is 0 Å². The van der Waals surface area contributed by atoms with Crippen molar-refractivity contribution in [2.75, 3.05) is 11.9 Å². The van der Waals surface area contributed by atoms with Crippen molar-refractivity contribution in [2.45, 2.75) is 39.5 Å². The van der Waals surface area contributed by atoms with E-state index in [2.05, 4.69) is 12.2 Å². The first kappa shape index (κ1) is 13.6. The summed E-state index contributed by atoms with van der Waals surface area (Å²) in [7, 11) is 0. The molecule has 0 saturated heterocycles. The molecule has 0 saturated carbocycles. The van der Waals surface area contributed by atoms with Gasteiger partial charge in [0.1, 0.15) is 0 Å². The van der Waals surface area contributed by atoms with Gasteiger partial charge in [0, 0.05) is 12.2 Å².